The number of hydrogen-bond acceptors (Lipinski definition) is 9. The van der Waals surface area contributed by atoms with Gasteiger partial charge in [-0.3, -0.25) is 14.4 Å². The topological polar surface area (TPSA) is 150 Å². The molecule has 0 saturated carbocycles. The standard InChI is InChI=1S/C22H25N5O5S2/c1-31-10-9-25-21(29)18(13-5-7-14(32-2)8-6-13)27(12-15-4-3-11-33-15)22(30)19-16(23)17(20(24)28)26-34-19/h3-8,11,18H,9-10,12,23H2,1-2H3,(H2,24,28)(H,25,29). The molecule has 5 N–H and O–H groups in total. The van der Waals surface area contributed by atoms with E-state index in [2.05, 4.69) is 9.69 Å². The highest BCUT2D eigenvalue weighted by Gasteiger charge is 2.35. The molecule has 2 aromatic heterocycles. The lowest BCUT2D eigenvalue weighted by Crippen LogP contribution is -2.44. The Hall–Kier alpha value is -3.48. The van der Waals surface area contributed by atoms with Gasteiger partial charge in [0, 0.05) is 18.5 Å². The lowest BCUT2D eigenvalue weighted by molar-refractivity contribution is -0.126. The summed E-state index contributed by atoms with van der Waals surface area (Å²) in [6.07, 6.45) is 0. The van der Waals surface area contributed by atoms with Crippen molar-refractivity contribution in [3.05, 3.63) is 62.8 Å². The third kappa shape index (κ3) is 5.71. The van der Waals surface area contributed by atoms with Crippen molar-refractivity contribution in [2.45, 2.75) is 12.6 Å². The summed E-state index contributed by atoms with van der Waals surface area (Å²) in [5.41, 5.74) is 11.7. The molecule has 1 aromatic carbocycles. The number of hydrogen-bond donors (Lipinski definition) is 3. The SMILES string of the molecule is COCCNC(=O)C(c1ccc(OC)cc1)N(Cc1cccs1)C(=O)c1snc(C(N)=O)c1N. The van der Waals surface area contributed by atoms with Crippen molar-refractivity contribution in [2.75, 3.05) is 33.1 Å². The Morgan fingerprint density at radius 3 is 2.47 bits per heavy atom. The highest BCUT2D eigenvalue weighted by molar-refractivity contribution is 7.10. The minimum atomic E-state index is -1.00. The first-order valence-corrected chi connectivity index (χ1v) is 11.8. The van der Waals surface area contributed by atoms with Crippen LogP contribution in [0.25, 0.3) is 0 Å². The zero-order chi connectivity index (χ0) is 24.7. The van der Waals surface area contributed by atoms with E-state index in [-0.39, 0.29) is 29.3 Å². The van der Waals surface area contributed by atoms with E-state index < -0.39 is 23.8 Å². The van der Waals surface area contributed by atoms with Gasteiger partial charge in [-0.1, -0.05) is 18.2 Å². The normalized spacial score (nSPS) is 11.6. The van der Waals surface area contributed by atoms with Crippen LogP contribution < -0.4 is 21.5 Å². The molecule has 3 aromatic rings. The van der Waals surface area contributed by atoms with Gasteiger partial charge in [0.1, 0.15) is 16.7 Å². The molecule has 0 aliphatic heterocycles. The van der Waals surface area contributed by atoms with Crippen LogP contribution >= 0.6 is 22.9 Å². The fraction of sp³-hybridized carbons (Fsp3) is 0.273. The fourth-order valence-corrected chi connectivity index (χ4v) is 4.71. The van der Waals surface area contributed by atoms with Crippen LogP contribution in [0.5, 0.6) is 5.75 Å². The number of primary amides is 1. The number of carbonyl (C=O) groups excluding carboxylic acids is 3. The average Bonchev–Trinajstić information content (AvgIpc) is 3.48. The summed E-state index contributed by atoms with van der Waals surface area (Å²) in [6.45, 7) is 0.704. The van der Waals surface area contributed by atoms with E-state index in [0.717, 1.165) is 16.4 Å². The van der Waals surface area contributed by atoms with Gasteiger partial charge in [-0.05, 0) is 40.7 Å². The van der Waals surface area contributed by atoms with Crippen LogP contribution in [0.2, 0.25) is 0 Å². The lowest BCUT2D eigenvalue weighted by atomic mass is 10.0. The average molecular weight is 504 g/mol. The molecule has 1 unspecified atom stereocenters. The molecule has 10 nitrogen and oxygen atoms in total. The molecule has 0 bridgehead atoms. The minimum absolute atomic E-state index is 0.0357. The first kappa shape index (κ1) is 25.1. The van der Waals surface area contributed by atoms with Crippen molar-refractivity contribution in [1.82, 2.24) is 14.6 Å². The highest BCUT2D eigenvalue weighted by atomic mass is 32.1. The molecule has 0 aliphatic rings. The number of nitrogens with zero attached hydrogens (tertiary/aromatic N) is 2. The molecule has 3 amide bonds. The number of thiophene rings is 1. The number of nitrogen functional groups attached to an aromatic ring is 1. The van der Waals surface area contributed by atoms with E-state index in [9.17, 15) is 14.4 Å². The molecular formula is C22H25N5O5S2. The summed E-state index contributed by atoms with van der Waals surface area (Å²) in [5.74, 6) is -1.17. The summed E-state index contributed by atoms with van der Waals surface area (Å²) in [6, 6.07) is 9.59. The second kappa shape index (κ2) is 11.6. The lowest BCUT2D eigenvalue weighted by Gasteiger charge is -2.31. The zero-order valence-electron chi connectivity index (χ0n) is 18.6. The molecule has 0 fully saturated rings. The summed E-state index contributed by atoms with van der Waals surface area (Å²) < 4.78 is 14.2. The molecule has 0 saturated heterocycles. The predicted molar refractivity (Wildman–Crippen MR) is 130 cm³/mol. The van der Waals surface area contributed by atoms with Crippen molar-refractivity contribution in [2.24, 2.45) is 5.73 Å². The van der Waals surface area contributed by atoms with Crippen molar-refractivity contribution >= 4 is 46.3 Å². The van der Waals surface area contributed by atoms with Crippen LogP contribution in [-0.2, 0) is 16.1 Å². The number of benzene rings is 1. The summed E-state index contributed by atoms with van der Waals surface area (Å²) in [5, 5.41) is 4.69. The molecule has 0 spiro atoms. The van der Waals surface area contributed by atoms with Gasteiger partial charge in [0.2, 0.25) is 5.91 Å². The summed E-state index contributed by atoms with van der Waals surface area (Å²) in [4.78, 5) is 41.0. The minimum Gasteiger partial charge on any atom is -0.497 e. The van der Waals surface area contributed by atoms with E-state index in [1.165, 1.54) is 23.3 Å². The maximum Gasteiger partial charge on any atom is 0.270 e. The first-order chi connectivity index (χ1) is 16.4. The van der Waals surface area contributed by atoms with Crippen molar-refractivity contribution in [3.8, 4) is 5.75 Å². The maximum atomic E-state index is 13.7. The van der Waals surface area contributed by atoms with Gasteiger partial charge in [-0.15, -0.1) is 11.3 Å². The number of amides is 3. The maximum absolute atomic E-state index is 13.7. The Morgan fingerprint density at radius 1 is 1.18 bits per heavy atom. The smallest absolute Gasteiger partial charge is 0.270 e. The highest BCUT2D eigenvalue weighted by Crippen LogP contribution is 2.31. The number of nitrogens with one attached hydrogen (secondary N) is 1. The Morgan fingerprint density at radius 2 is 1.91 bits per heavy atom. The van der Waals surface area contributed by atoms with Crippen LogP contribution in [0.15, 0.2) is 41.8 Å². The molecular weight excluding hydrogens is 478 g/mol. The largest absolute Gasteiger partial charge is 0.497 e. The van der Waals surface area contributed by atoms with Crippen LogP contribution in [0.1, 0.15) is 36.6 Å². The van der Waals surface area contributed by atoms with Crippen LogP contribution in [0.4, 0.5) is 5.69 Å². The van der Waals surface area contributed by atoms with Gasteiger partial charge in [0.05, 0.1) is 25.9 Å². The van der Waals surface area contributed by atoms with Gasteiger partial charge in [-0.2, -0.15) is 4.37 Å². The number of aromatic nitrogens is 1. The predicted octanol–water partition coefficient (Wildman–Crippen LogP) is 2.04. The summed E-state index contributed by atoms with van der Waals surface area (Å²) in [7, 11) is 3.07. The van der Waals surface area contributed by atoms with Gasteiger partial charge in [0.15, 0.2) is 5.69 Å². The van der Waals surface area contributed by atoms with Gasteiger partial charge in [-0.25, -0.2) is 0 Å². The zero-order valence-corrected chi connectivity index (χ0v) is 20.3. The van der Waals surface area contributed by atoms with Crippen molar-refractivity contribution in [3.63, 3.8) is 0 Å². The van der Waals surface area contributed by atoms with E-state index in [4.69, 9.17) is 20.9 Å². The molecule has 12 heteroatoms. The second-order valence-electron chi connectivity index (χ2n) is 7.11. The molecule has 0 aliphatic carbocycles. The Kier molecular flexibility index (Phi) is 8.57. The van der Waals surface area contributed by atoms with Crippen LogP contribution in [0.3, 0.4) is 0 Å². The third-order valence-corrected chi connectivity index (χ3v) is 6.63. The number of nitrogens with two attached hydrogens (primary N) is 2. The number of anilines is 1. The summed E-state index contributed by atoms with van der Waals surface area (Å²) >= 11 is 2.22. The molecule has 180 valence electrons. The fourth-order valence-electron chi connectivity index (χ4n) is 3.24. The van der Waals surface area contributed by atoms with Crippen molar-refractivity contribution in [1.29, 1.82) is 0 Å². The molecule has 3 rings (SSSR count). The molecule has 0 radical (unpaired) electrons. The Balaban J connectivity index is 2.07. The number of methoxy groups -OCH3 is 2. The Bertz CT molecular complexity index is 1130. The van der Waals surface area contributed by atoms with E-state index in [0.29, 0.717) is 17.9 Å². The number of ether oxygens (including phenoxy) is 2. The molecule has 1 atom stereocenters. The van der Waals surface area contributed by atoms with Crippen LogP contribution in [0, 0.1) is 0 Å². The van der Waals surface area contributed by atoms with E-state index in [1.54, 1.807) is 31.4 Å². The van der Waals surface area contributed by atoms with Crippen molar-refractivity contribution < 1.29 is 23.9 Å². The second-order valence-corrected chi connectivity index (χ2v) is 8.92. The molecule has 34 heavy (non-hydrogen) atoms. The molecule has 2 heterocycles. The van der Waals surface area contributed by atoms with E-state index in [1.807, 2.05) is 17.5 Å². The van der Waals surface area contributed by atoms with Crippen LogP contribution in [-0.4, -0.2) is 54.4 Å². The van der Waals surface area contributed by atoms with Gasteiger partial charge < -0.3 is 31.2 Å². The van der Waals surface area contributed by atoms with Gasteiger partial charge >= 0.3 is 0 Å². The monoisotopic (exact) mass is 503 g/mol. The Labute approximate surface area is 204 Å². The first-order valence-electron chi connectivity index (χ1n) is 10.2. The number of carbonyl (C=O) groups is 3. The van der Waals surface area contributed by atoms with Gasteiger partial charge in [0.25, 0.3) is 11.8 Å². The number of rotatable bonds is 11. The van der Waals surface area contributed by atoms with E-state index >= 15 is 0 Å². The quantitative estimate of drug-likeness (QED) is 0.339. The third-order valence-electron chi connectivity index (χ3n) is 4.92.